The maximum Gasteiger partial charge on any atom is 0.325 e. The molecule has 1 aromatic carbocycles. The molecule has 0 unspecified atom stereocenters. The second kappa shape index (κ2) is 7.85. The second-order valence-electron chi connectivity index (χ2n) is 4.13. The van der Waals surface area contributed by atoms with Crippen LogP contribution >= 0.6 is 0 Å². The van der Waals surface area contributed by atoms with E-state index < -0.39 is 5.97 Å². The normalized spacial score (nSPS) is 9.60. The Morgan fingerprint density at radius 3 is 2.45 bits per heavy atom. The monoisotopic (exact) mass is 274 g/mol. The van der Waals surface area contributed by atoms with Gasteiger partial charge in [-0.05, 0) is 19.1 Å². The number of carbonyl (C=O) groups excluding carboxylic acids is 1. The number of hydrogen-bond donors (Lipinski definition) is 1. The van der Waals surface area contributed by atoms with Gasteiger partial charge in [0.05, 0.1) is 13.0 Å². The van der Waals surface area contributed by atoms with E-state index in [1.807, 2.05) is 13.0 Å². The van der Waals surface area contributed by atoms with E-state index in [0.717, 1.165) is 0 Å². The third-order valence-electron chi connectivity index (χ3n) is 2.78. The van der Waals surface area contributed by atoms with Crippen molar-refractivity contribution in [3.8, 4) is 12.3 Å². The summed E-state index contributed by atoms with van der Waals surface area (Å²) in [6, 6.07) is 8.69. The van der Waals surface area contributed by atoms with Gasteiger partial charge in [0.15, 0.2) is 0 Å². The predicted molar refractivity (Wildman–Crippen MR) is 77.5 cm³/mol. The van der Waals surface area contributed by atoms with Crippen LogP contribution in [0.15, 0.2) is 30.3 Å². The molecule has 0 saturated heterocycles. The second-order valence-corrected chi connectivity index (χ2v) is 4.13. The fourth-order valence-corrected chi connectivity index (χ4v) is 1.75. The molecule has 106 valence electrons. The minimum Gasteiger partial charge on any atom is -0.481 e. The van der Waals surface area contributed by atoms with E-state index in [1.165, 1.54) is 9.80 Å². The van der Waals surface area contributed by atoms with Crippen LogP contribution in [0, 0.1) is 12.3 Å². The zero-order valence-corrected chi connectivity index (χ0v) is 11.5. The number of rotatable bonds is 6. The molecule has 0 aromatic heterocycles. The number of nitrogens with zero attached hydrogens (tertiary/aromatic N) is 2. The molecule has 0 atom stereocenters. The van der Waals surface area contributed by atoms with Gasteiger partial charge in [-0.25, -0.2) is 4.79 Å². The first-order chi connectivity index (χ1) is 9.60. The lowest BCUT2D eigenvalue weighted by Crippen LogP contribution is -2.44. The molecule has 20 heavy (non-hydrogen) atoms. The van der Waals surface area contributed by atoms with E-state index in [-0.39, 0.29) is 25.5 Å². The van der Waals surface area contributed by atoms with Gasteiger partial charge in [0, 0.05) is 18.8 Å². The Bertz CT molecular complexity index is 494. The van der Waals surface area contributed by atoms with Crippen LogP contribution < -0.4 is 4.90 Å². The van der Waals surface area contributed by atoms with Crippen molar-refractivity contribution >= 4 is 17.7 Å². The zero-order valence-electron chi connectivity index (χ0n) is 11.5. The van der Waals surface area contributed by atoms with Crippen molar-refractivity contribution in [1.82, 2.24) is 4.90 Å². The fourth-order valence-electron chi connectivity index (χ4n) is 1.75. The molecule has 1 N–H and O–H groups in total. The standard InChI is InChI=1S/C15H18N2O3/c1-3-11-16(4-2)15(20)17(12-10-14(18)19)13-8-6-5-7-9-13/h1,5-9H,4,10-12H2,2H3,(H,18,19). The van der Waals surface area contributed by atoms with Gasteiger partial charge in [-0.1, -0.05) is 24.1 Å². The van der Waals surface area contributed by atoms with E-state index in [0.29, 0.717) is 12.2 Å². The first-order valence-corrected chi connectivity index (χ1v) is 6.36. The molecule has 0 saturated carbocycles. The van der Waals surface area contributed by atoms with Crippen LogP contribution in [0.1, 0.15) is 13.3 Å². The third-order valence-corrected chi connectivity index (χ3v) is 2.78. The van der Waals surface area contributed by atoms with E-state index in [9.17, 15) is 9.59 Å². The van der Waals surface area contributed by atoms with Gasteiger partial charge in [-0.15, -0.1) is 6.42 Å². The van der Waals surface area contributed by atoms with Crippen LogP contribution in [0.25, 0.3) is 0 Å². The van der Waals surface area contributed by atoms with Gasteiger partial charge < -0.3 is 10.0 Å². The van der Waals surface area contributed by atoms with Gasteiger partial charge in [-0.2, -0.15) is 0 Å². The van der Waals surface area contributed by atoms with Crippen LogP contribution in [-0.4, -0.2) is 41.6 Å². The number of para-hydroxylation sites is 1. The summed E-state index contributed by atoms with van der Waals surface area (Å²) in [5.74, 6) is 1.49. The number of anilines is 1. The molecule has 5 nitrogen and oxygen atoms in total. The van der Waals surface area contributed by atoms with Crippen LogP contribution in [0.5, 0.6) is 0 Å². The third kappa shape index (κ3) is 4.32. The van der Waals surface area contributed by atoms with E-state index in [2.05, 4.69) is 5.92 Å². The Kier molecular flexibility index (Phi) is 6.11. The zero-order chi connectivity index (χ0) is 15.0. The highest BCUT2D eigenvalue weighted by Gasteiger charge is 2.21. The van der Waals surface area contributed by atoms with Crippen molar-refractivity contribution in [2.75, 3.05) is 24.5 Å². The molecule has 0 radical (unpaired) electrons. The molecular formula is C15H18N2O3. The van der Waals surface area contributed by atoms with Crippen LogP contribution in [0.3, 0.4) is 0 Å². The topological polar surface area (TPSA) is 60.9 Å². The molecule has 0 heterocycles. The van der Waals surface area contributed by atoms with Gasteiger partial charge in [0.1, 0.15) is 0 Å². The average Bonchev–Trinajstić information content (AvgIpc) is 2.45. The summed E-state index contributed by atoms with van der Waals surface area (Å²) in [7, 11) is 0. The van der Waals surface area contributed by atoms with E-state index in [1.54, 1.807) is 24.3 Å². The van der Waals surface area contributed by atoms with Crippen molar-refractivity contribution in [1.29, 1.82) is 0 Å². The lowest BCUT2D eigenvalue weighted by Gasteiger charge is -2.28. The van der Waals surface area contributed by atoms with E-state index in [4.69, 9.17) is 11.5 Å². The molecule has 5 heteroatoms. The Balaban J connectivity index is 2.95. The van der Waals surface area contributed by atoms with Gasteiger partial charge in [0.25, 0.3) is 0 Å². The van der Waals surface area contributed by atoms with Crippen LogP contribution in [-0.2, 0) is 4.79 Å². The number of carboxylic acid groups (broad SMARTS) is 1. The lowest BCUT2D eigenvalue weighted by atomic mass is 10.2. The summed E-state index contributed by atoms with van der Waals surface area (Å²) in [4.78, 5) is 26.1. The fraction of sp³-hybridized carbons (Fsp3) is 0.333. The molecule has 0 fully saturated rings. The van der Waals surface area contributed by atoms with Crippen LogP contribution in [0.4, 0.5) is 10.5 Å². The highest BCUT2D eigenvalue weighted by Crippen LogP contribution is 2.16. The molecule has 2 amide bonds. The summed E-state index contributed by atoms with van der Waals surface area (Å²) < 4.78 is 0. The van der Waals surface area contributed by atoms with Gasteiger partial charge >= 0.3 is 12.0 Å². The number of carbonyl (C=O) groups is 2. The summed E-state index contributed by atoms with van der Waals surface area (Å²) in [5, 5.41) is 8.81. The number of benzene rings is 1. The summed E-state index contributed by atoms with van der Waals surface area (Å²) >= 11 is 0. The SMILES string of the molecule is C#CCN(CC)C(=O)N(CCC(=O)O)c1ccccc1. The minimum absolute atomic E-state index is 0.110. The number of aliphatic carboxylic acids is 1. The number of amides is 2. The van der Waals surface area contributed by atoms with E-state index >= 15 is 0 Å². The molecule has 0 aliphatic rings. The maximum absolute atomic E-state index is 12.4. The largest absolute Gasteiger partial charge is 0.481 e. The number of hydrogen-bond acceptors (Lipinski definition) is 2. The number of terminal acetylenes is 1. The highest BCUT2D eigenvalue weighted by atomic mass is 16.4. The van der Waals surface area contributed by atoms with Crippen molar-refractivity contribution in [3.05, 3.63) is 30.3 Å². The Hall–Kier alpha value is -2.48. The molecule has 0 aliphatic carbocycles. The van der Waals surface area contributed by atoms with Crippen LogP contribution in [0.2, 0.25) is 0 Å². The Morgan fingerprint density at radius 1 is 1.30 bits per heavy atom. The number of carboxylic acids is 1. The summed E-state index contributed by atoms with van der Waals surface area (Å²) in [6.07, 6.45) is 5.13. The molecule has 0 spiro atoms. The first-order valence-electron chi connectivity index (χ1n) is 6.36. The van der Waals surface area contributed by atoms with Crippen molar-refractivity contribution in [2.24, 2.45) is 0 Å². The van der Waals surface area contributed by atoms with Crippen molar-refractivity contribution < 1.29 is 14.7 Å². The quantitative estimate of drug-likeness (QED) is 0.807. The van der Waals surface area contributed by atoms with Crippen molar-refractivity contribution in [3.63, 3.8) is 0 Å². The smallest absolute Gasteiger partial charge is 0.325 e. The molecule has 1 rings (SSSR count). The Labute approximate surface area is 118 Å². The minimum atomic E-state index is -0.946. The van der Waals surface area contributed by atoms with Crippen molar-refractivity contribution in [2.45, 2.75) is 13.3 Å². The average molecular weight is 274 g/mol. The highest BCUT2D eigenvalue weighted by molar-refractivity contribution is 5.92. The molecule has 0 aliphatic heterocycles. The maximum atomic E-state index is 12.4. The lowest BCUT2D eigenvalue weighted by molar-refractivity contribution is -0.136. The Morgan fingerprint density at radius 2 is 1.95 bits per heavy atom. The van der Waals surface area contributed by atoms with Gasteiger partial charge in [-0.3, -0.25) is 9.69 Å². The predicted octanol–water partition coefficient (Wildman–Crippen LogP) is 2.04. The molecule has 0 bridgehead atoms. The summed E-state index contributed by atoms with van der Waals surface area (Å²) in [6.45, 7) is 2.61. The first kappa shape index (κ1) is 15.6. The number of urea groups is 1. The molecule has 1 aromatic rings. The molecular weight excluding hydrogens is 256 g/mol. The summed E-state index contributed by atoms with van der Waals surface area (Å²) in [5.41, 5.74) is 0.661. The van der Waals surface area contributed by atoms with Gasteiger partial charge in [0.2, 0.25) is 0 Å².